The van der Waals surface area contributed by atoms with Gasteiger partial charge in [0.25, 0.3) is 0 Å². The number of aldehydes is 1. The molecule has 84 valence electrons. The zero-order chi connectivity index (χ0) is 11.8. The summed E-state index contributed by atoms with van der Waals surface area (Å²) in [7, 11) is 1.66. The second-order valence-corrected chi connectivity index (χ2v) is 3.99. The van der Waals surface area contributed by atoms with Crippen LogP contribution in [0, 0.1) is 5.82 Å². The molecule has 1 aliphatic heterocycles. The Labute approximate surface area is 97.5 Å². The van der Waals surface area contributed by atoms with Gasteiger partial charge in [-0.1, -0.05) is 29.8 Å². The first-order valence-corrected chi connectivity index (χ1v) is 5.08. The normalized spacial score (nSPS) is 24.4. The quantitative estimate of drug-likeness (QED) is 0.632. The van der Waals surface area contributed by atoms with Gasteiger partial charge in [0.2, 0.25) is 0 Å². The van der Waals surface area contributed by atoms with E-state index in [-0.39, 0.29) is 5.56 Å². The first-order chi connectivity index (χ1) is 7.59. The van der Waals surface area contributed by atoms with Gasteiger partial charge in [0.1, 0.15) is 22.8 Å². The van der Waals surface area contributed by atoms with Gasteiger partial charge < -0.3 is 4.79 Å². The van der Waals surface area contributed by atoms with Crippen molar-refractivity contribution in [1.82, 2.24) is 10.4 Å². The zero-order valence-corrected chi connectivity index (χ0v) is 9.33. The average molecular weight is 241 g/mol. The molecule has 1 aromatic rings. The van der Waals surface area contributed by atoms with Gasteiger partial charge in [-0.3, -0.25) is 5.01 Å². The summed E-state index contributed by atoms with van der Waals surface area (Å²) in [6.07, 6.45) is 2.12. The lowest BCUT2D eigenvalue weighted by atomic mass is 9.92. The van der Waals surface area contributed by atoms with E-state index in [1.807, 2.05) is 0 Å². The van der Waals surface area contributed by atoms with Crippen LogP contribution < -0.4 is 5.43 Å². The number of carbonyl (C=O) groups is 1. The van der Waals surface area contributed by atoms with Crippen LogP contribution in [0.1, 0.15) is 5.56 Å². The van der Waals surface area contributed by atoms with Gasteiger partial charge in [0, 0.05) is 12.6 Å². The molecule has 1 atom stereocenters. The minimum Gasteiger partial charge on any atom is -0.300 e. The van der Waals surface area contributed by atoms with Crippen molar-refractivity contribution in [2.75, 3.05) is 7.05 Å². The summed E-state index contributed by atoms with van der Waals surface area (Å²) in [6.45, 7) is 0. The molecule has 1 N–H and O–H groups in total. The molecule has 0 saturated carbocycles. The largest absolute Gasteiger partial charge is 0.300 e. The van der Waals surface area contributed by atoms with Crippen molar-refractivity contribution in [2.45, 2.75) is 5.54 Å². The molecule has 1 aromatic carbocycles. The summed E-state index contributed by atoms with van der Waals surface area (Å²) in [4.78, 5) is 11.2. The highest BCUT2D eigenvalue weighted by molar-refractivity contribution is 6.29. The lowest BCUT2D eigenvalue weighted by Gasteiger charge is -2.24. The molecule has 1 aliphatic rings. The number of nitrogens with zero attached hydrogens (tertiary/aromatic N) is 1. The minimum absolute atomic E-state index is 0.257. The van der Waals surface area contributed by atoms with Crippen molar-refractivity contribution >= 4 is 17.9 Å². The Morgan fingerprint density at radius 1 is 1.50 bits per heavy atom. The van der Waals surface area contributed by atoms with Crippen molar-refractivity contribution in [2.24, 2.45) is 0 Å². The fourth-order valence-electron chi connectivity index (χ4n) is 1.71. The van der Waals surface area contributed by atoms with E-state index in [1.54, 1.807) is 25.2 Å². The molecule has 0 aliphatic carbocycles. The number of rotatable bonds is 2. The summed E-state index contributed by atoms with van der Waals surface area (Å²) in [5.41, 5.74) is 1.87. The van der Waals surface area contributed by atoms with Gasteiger partial charge >= 0.3 is 0 Å². The van der Waals surface area contributed by atoms with E-state index in [9.17, 15) is 9.18 Å². The predicted molar refractivity (Wildman–Crippen MR) is 59.0 cm³/mol. The SMILES string of the molecule is CN1NC(C=O)(c2ccccc2F)C=C1Cl. The Morgan fingerprint density at radius 3 is 2.69 bits per heavy atom. The molecular weight excluding hydrogens is 231 g/mol. The predicted octanol–water partition coefficient (Wildman–Crippen LogP) is 1.75. The van der Waals surface area contributed by atoms with Gasteiger partial charge in [0.05, 0.1) is 0 Å². The van der Waals surface area contributed by atoms with E-state index < -0.39 is 11.4 Å². The second-order valence-electron chi connectivity index (χ2n) is 3.60. The lowest BCUT2D eigenvalue weighted by Crippen LogP contribution is -2.44. The third kappa shape index (κ3) is 1.60. The van der Waals surface area contributed by atoms with Gasteiger partial charge in [0.15, 0.2) is 0 Å². The maximum absolute atomic E-state index is 13.6. The summed E-state index contributed by atoms with van der Waals surface area (Å²) in [5.74, 6) is -0.446. The highest BCUT2D eigenvalue weighted by Gasteiger charge is 2.38. The third-order valence-corrected chi connectivity index (χ3v) is 2.89. The van der Waals surface area contributed by atoms with E-state index in [2.05, 4.69) is 5.43 Å². The molecule has 0 bridgehead atoms. The van der Waals surface area contributed by atoms with E-state index >= 15 is 0 Å². The molecule has 1 heterocycles. The number of nitrogens with one attached hydrogen (secondary N) is 1. The third-order valence-electron chi connectivity index (χ3n) is 2.53. The second kappa shape index (κ2) is 3.88. The van der Waals surface area contributed by atoms with Gasteiger partial charge in [-0.2, -0.15) is 0 Å². The molecule has 3 nitrogen and oxygen atoms in total. The number of hydrazine groups is 1. The van der Waals surface area contributed by atoms with Crippen LogP contribution in [-0.4, -0.2) is 18.3 Å². The fraction of sp³-hybridized carbons (Fsp3) is 0.182. The van der Waals surface area contributed by atoms with Crippen LogP contribution >= 0.6 is 11.6 Å². The van der Waals surface area contributed by atoms with Crippen LogP contribution in [-0.2, 0) is 10.3 Å². The molecule has 2 rings (SSSR count). The highest BCUT2D eigenvalue weighted by Crippen LogP contribution is 2.31. The molecular formula is C11H10ClFN2O. The van der Waals surface area contributed by atoms with Crippen molar-refractivity contribution < 1.29 is 9.18 Å². The zero-order valence-electron chi connectivity index (χ0n) is 8.58. The van der Waals surface area contributed by atoms with E-state index in [0.717, 1.165) is 0 Å². The topological polar surface area (TPSA) is 32.3 Å². The first kappa shape index (κ1) is 11.1. The van der Waals surface area contributed by atoms with Gasteiger partial charge in [-0.15, -0.1) is 0 Å². The molecule has 0 fully saturated rings. The van der Waals surface area contributed by atoms with Crippen molar-refractivity contribution in [3.63, 3.8) is 0 Å². The molecule has 5 heteroatoms. The number of hydrogen-bond acceptors (Lipinski definition) is 3. The molecule has 0 radical (unpaired) electrons. The van der Waals surface area contributed by atoms with E-state index in [4.69, 9.17) is 11.6 Å². The van der Waals surface area contributed by atoms with Crippen molar-refractivity contribution in [1.29, 1.82) is 0 Å². The first-order valence-electron chi connectivity index (χ1n) is 4.70. The number of halogens is 2. The van der Waals surface area contributed by atoms with Crippen LogP contribution in [0.4, 0.5) is 4.39 Å². The summed E-state index contributed by atoms with van der Waals surface area (Å²) in [5, 5.41) is 1.83. The maximum Gasteiger partial charge on any atom is 0.150 e. The van der Waals surface area contributed by atoms with Crippen molar-refractivity contribution in [3.8, 4) is 0 Å². The number of benzene rings is 1. The van der Waals surface area contributed by atoms with Crippen LogP contribution in [0.25, 0.3) is 0 Å². The van der Waals surface area contributed by atoms with Gasteiger partial charge in [-0.05, 0) is 12.1 Å². The Bertz CT molecular complexity index is 463. The summed E-state index contributed by atoms with van der Waals surface area (Å²) < 4.78 is 13.6. The van der Waals surface area contributed by atoms with Crippen LogP contribution in [0.5, 0.6) is 0 Å². The Morgan fingerprint density at radius 2 is 2.19 bits per heavy atom. The van der Waals surface area contributed by atoms with Crippen LogP contribution in [0.3, 0.4) is 0 Å². The number of hydrogen-bond donors (Lipinski definition) is 1. The number of carbonyl (C=O) groups excluding carboxylic acids is 1. The standard InChI is InChI=1S/C11H10ClFN2O/c1-15-10(12)6-11(7-16,14-15)8-4-2-3-5-9(8)13/h2-7,14H,1H3. The Balaban J connectivity index is 2.53. The van der Waals surface area contributed by atoms with Crippen LogP contribution in [0.15, 0.2) is 35.5 Å². The van der Waals surface area contributed by atoms with Crippen LogP contribution in [0.2, 0.25) is 0 Å². The monoisotopic (exact) mass is 240 g/mol. The molecule has 16 heavy (non-hydrogen) atoms. The fourth-order valence-corrected chi connectivity index (χ4v) is 1.92. The van der Waals surface area contributed by atoms with Crippen molar-refractivity contribution in [3.05, 3.63) is 46.9 Å². The average Bonchev–Trinajstić information content (AvgIpc) is 2.56. The van der Waals surface area contributed by atoms with E-state index in [1.165, 1.54) is 17.2 Å². The maximum atomic E-state index is 13.6. The Hall–Kier alpha value is -1.39. The summed E-state index contributed by atoms with van der Waals surface area (Å²) in [6, 6.07) is 6.10. The molecule has 0 saturated heterocycles. The molecule has 0 spiro atoms. The Kier molecular flexibility index (Phi) is 2.69. The molecule has 0 amide bonds. The smallest absolute Gasteiger partial charge is 0.150 e. The lowest BCUT2D eigenvalue weighted by molar-refractivity contribution is -0.112. The highest BCUT2D eigenvalue weighted by atomic mass is 35.5. The van der Waals surface area contributed by atoms with E-state index in [0.29, 0.717) is 11.4 Å². The minimum atomic E-state index is -1.21. The summed E-state index contributed by atoms with van der Waals surface area (Å²) >= 11 is 5.87. The molecule has 1 unspecified atom stereocenters. The van der Waals surface area contributed by atoms with Gasteiger partial charge in [-0.25, -0.2) is 9.82 Å². The molecule has 0 aromatic heterocycles.